The molecular formula is C13H16N2O4. The van der Waals surface area contributed by atoms with Crippen LogP contribution in [0, 0.1) is 5.92 Å². The van der Waals surface area contributed by atoms with E-state index in [1.165, 1.54) is 17.2 Å². The number of aromatic nitrogens is 1. The van der Waals surface area contributed by atoms with Gasteiger partial charge in [0.1, 0.15) is 12.3 Å². The number of amides is 1. The van der Waals surface area contributed by atoms with Gasteiger partial charge in [0.25, 0.3) is 5.91 Å². The molecule has 1 N–H and O–H groups in total. The van der Waals surface area contributed by atoms with Gasteiger partial charge in [0.2, 0.25) is 0 Å². The number of carboxylic acid groups (broad SMARTS) is 1. The van der Waals surface area contributed by atoms with Gasteiger partial charge in [0, 0.05) is 12.1 Å². The lowest BCUT2D eigenvalue weighted by molar-refractivity contribution is -0.141. The fourth-order valence-corrected chi connectivity index (χ4v) is 3.43. The van der Waals surface area contributed by atoms with Crippen molar-refractivity contribution in [2.45, 2.75) is 44.2 Å². The lowest BCUT2D eigenvalue weighted by atomic mass is 9.84. The van der Waals surface area contributed by atoms with Crippen LogP contribution in [0.5, 0.6) is 0 Å². The normalized spacial score (nSPS) is 30.1. The molecule has 0 aromatic carbocycles. The largest absolute Gasteiger partial charge is 0.480 e. The predicted octanol–water partition coefficient (Wildman–Crippen LogP) is 1.53. The Morgan fingerprint density at radius 1 is 1.37 bits per heavy atom. The molecule has 2 aliphatic rings. The molecule has 1 aliphatic carbocycles. The summed E-state index contributed by atoms with van der Waals surface area (Å²) >= 11 is 0. The number of carbonyl (C=O) groups excluding carboxylic acids is 1. The Labute approximate surface area is 110 Å². The maximum absolute atomic E-state index is 12.4. The zero-order valence-corrected chi connectivity index (χ0v) is 10.5. The van der Waals surface area contributed by atoms with E-state index in [-0.39, 0.29) is 17.6 Å². The zero-order valence-electron chi connectivity index (χ0n) is 10.5. The smallest absolute Gasteiger partial charge is 0.326 e. The van der Waals surface area contributed by atoms with Gasteiger partial charge < -0.3 is 14.5 Å². The molecule has 6 heteroatoms. The molecular weight excluding hydrogens is 248 g/mol. The van der Waals surface area contributed by atoms with Crippen molar-refractivity contribution in [1.29, 1.82) is 0 Å². The first-order valence-electron chi connectivity index (χ1n) is 6.64. The highest BCUT2D eigenvalue weighted by atomic mass is 16.5. The van der Waals surface area contributed by atoms with Crippen LogP contribution in [0.1, 0.15) is 42.6 Å². The predicted molar refractivity (Wildman–Crippen MR) is 64.5 cm³/mol. The van der Waals surface area contributed by atoms with Crippen molar-refractivity contribution in [3.8, 4) is 0 Å². The van der Waals surface area contributed by atoms with Gasteiger partial charge in [-0.2, -0.15) is 0 Å². The van der Waals surface area contributed by atoms with Gasteiger partial charge in [-0.15, -0.1) is 0 Å². The molecule has 6 nitrogen and oxygen atoms in total. The summed E-state index contributed by atoms with van der Waals surface area (Å²) in [6.07, 6.45) is 5.96. The van der Waals surface area contributed by atoms with Crippen LogP contribution in [0.3, 0.4) is 0 Å². The minimum atomic E-state index is -0.925. The third-order valence-electron chi connectivity index (χ3n) is 4.26. The number of hydrogen-bond acceptors (Lipinski definition) is 4. The molecule has 0 unspecified atom stereocenters. The van der Waals surface area contributed by atoms with Crippen molar-refractivity contribution >= 4 is 11.9 Å². The number of nitrogens with zero attached hydrogens (tertiary/aromatic N) is 2. The fourth-order valence-electron chi connectivity index (χ4n) is 3.43. The summed E-state index contributed by atoms with van der Waals surface area (Å²) in [6, 6.07) is 0.800. The highest BCUT2D eigenvalue weighted by Gasteiger charge is 2.48. The summed E-state index contributed by atoms with van der Waals surface area (Å²) in [7, 11) is 0. The number of carbonyl (C=O) groups is 2. The van der Waals surface area contributed by atoms with Crippen LogP contribution in [-0.2, 0) is 4.79 Å². The van der Waals surface area contributed by atoms with Crippen molar-refractivity contribution in [3.63, 3.8) is 0 Å². The van der Waals surface area contributed by atoms with E-state index in [2.05, 4.69) is 9.68 Å². The molecule has 0 spiro atoms. The van der Waals surface area contributed by atoms with Crippen LogP contribution >= 0.6 is 0 Å². The summed E-state index contributed by atoms with van der Waals surface area (Å²) in [5, 5.41) is 13.0. The molecule has 1 aromatic rings. The Balaban J connectivity index is 1.90. The van der Waals surface area contributed by atoms with Gasteiger partial charge >= 0.3 is 5.97 Å². The van der Waals surface area contributed by atoms with Gasteiger partial charge in [-0.1, -0.05) is 18.0 Å². The quantitative estimate of drug-likeness (QED) is 0.875. The topological polar surface area (TPSA) is 83.6 Å². The van der Waals surface area contributed by atoms with Crippen LogP contribution in [0.25, 0.3) is 0 Å². The molecule has 0 bridgehead atoms. The molecule has 1 saturated carbocycles. The molecule has 1 aliphatic heterocycles. The Kier molecular flexibility index (Phi) is 3.00. The number of rotatable bonds is 2. The summed E-state index contributed by atoms with van der Waals surface area (Å²) < 4.78 is 4.68. The van der Waals surface area contributed by atoms with Gasteiger partial charge in [0.05, 0.1) is 0 Å². The van der Waals surface area contributed by atoms with Crippen molar-refractivity contribution in [1.82, 2.24) is 10.1 Å². The molecule has 1 aromatic heterocycles. The Bertz CT molecular complexity index is 485. The lowest BCUT2D eigenvalue weighted by Crippen LogP contribution is -2.46. The minimum Gasteiger partial charge on any atom is -0.480 e. The molecule has 0 radical (unpaired) electrons. The number of hydrogen-bond donors (Lipinski definition) is 1. The molecule has 2 heterocycles. The maximum Gasteiger partial charge on any atom is 0.326 e. The van der Waals surface area contributed by atoms with Gasteiger partial charge in [-0.25, -0.2) is 4.79 Å². The Hall–Kier alpha value is -1.85. The van der Waals surface area contributed by atoms with Crippen molar-refractivity contribution in [3.05, 3.63) is 18.0 Å². The van der Waals surface area contributed by atoms with E-state index in [0.29, 0.717) is 12.3 Å². The minimum absolute atomic E-state index is 0.0408. The average molecular weight is 264 g/mol. The molecule has 3 atom stereocenters. The van der Waals surface area contributed by atoms with E-state index in [1.54, 1.807) is 0 Å². The second kappa shape index (κ2) is 4.68. The number of likely N-dealkylation sites (tertiary alicyclic amines) is 1. The highest BCUT2D eigenvalue weighted by molar-refractivity contribution is 5.95. The van der Waals surface area contributed by atoms with Crippen LogP contribution in [0.4, 0.5) is 0 Å². The number of aliphatic carboxylic acids is 1. The molecule has 1 amide bonds. The Morgan fingerprint density at radius 3 is 2.84 bits per heavy atom. The Morgan fingerprint density at radius 2 is 2.16 bits per heavy atom. The van der Waals surface area contributed by atoms with Gasteiger partial charge in [-0.05, 0) is 25.2 Å². The second-order valence-electron chi connectivity index (χ2n) is 5.30. The van der Waals surface area contributed by atoms with E-state index in [1.807, 2.05) is 0 Å². The van der Waals surface area contributed by atoms with Crippen LogP contribution in [-0.4, -0.2) is 39.1 Å². The summed E-state index contributed by atoms with van der Waals surface area (Å²) in [4.78, 5) is 25.3. The van der Waals surface area contributed by atoms with Crippen LogP contribution in [0.15, 0.2) is 16.9 Å². The first kappa shape index (κ1) is 12.2. The summed E-state index contributed by atoms with van der Waals surface area (Å²) in [6.45, 7) is 0. The monoisotopic (exact) mass is 264 g/mol. The molecule has 102 valence electrons. The van der Waals surface area contributed by atoms with Gasteiger partial charge in [-0.3, -0.25) is 4.79 Å². The SMILES string of the molecule is O=C(O)[C@@H]1C[C@@H]2CCCC[C@@H]2N1C(=O)c1ccon1. The molecule has 2 fully saturated rings. The number of fused-ring (bicyclic) bond motifs is 1. The first-order valence-corrected chi connectivity index (χ1v) is 6.64. The standard InChI is InChI=1S/C13H16N2O4/c16-12(9-5-6-19-14-9)15-10-4-2-1-3-8(10)7-11(15)13(17)18/h5-6,8,10-11H,1-4,7H2,(H,17,18)/t8-,10-,11-/m0/s1. The van der Waals surface area contributed by atoms with Crippen molar-refractivity contribution in [2.75, 3.05) is 0 Å². The fraction of sp³-hybridized carbons (Fsp3) is 0.615. The number of carboxylic acids is 1. The van der Waals surface area contributed by atoms with E-state index in [9.17, 15) is 14.7 Å². The molecule has 3 rings (SSSR count). The summed E-state index contributed by atoms with van der Waals surface area (Å²) in [5.41, 5.74) is 0.192. The average Bonchev–Trinajstić information content (AvgIpc) is 3.05. The highest BCUT2D eigenvalue weighted by Crippen LogP contribution is 2.40. The van der Waals surface area contributed by atoms with Crippen molar-refractivity contribution in [2.24, 2.45) is 5.92 Å². The maximum atomic E-state index is 12.4. The van der Waals surface area contributed by atoms with E-state index < -0.39 is 12.0 Å². The third-order valence-corrected chi connectivity index (χ3v) is 4.26. The van der Waals surface area contributed by atoms with Crippen molar-refractivity contribution < 1.29 is 19.2 Å². The van der Waals surface area contributed by atoms with Crippen LogP contribution in [0.2, 0.25) is 0 Å². The van der Waals surface area contributed by atoms with Crippen LogP contribution < -0.4 is 0 Å². The van der Waals surface area contributed by atoms with E-state index >= 15 is 0 Å². The first-order chi connectivity index (χ1) is 9.18. The molecule has 1 saturated heterocycles. The van der Waals surface area contributed by atoms with E-state index in [4.69, 9.17) is 0 Å². The van der Waals surface area contributed by atoms with E-state index in [0.717, 1.165) is 25.7 Å². The zero-order chi connectivity index (χ0) is 13.4. The third kappa shape index (κ3) is 2.01. The second-order valence-corrected chi connectivity index (χ2v) is 5.30. The lowest BCUT2D eigenvalue weighted by Gasteiger charge is -2.32. The molecule has 19 heavy (non-hydrogen) atoms. The van der Waals surface area contributed by atoms with Gasteiger partial charge in [0.15, 0.2) is 5.69 Å². The summed E-state index contributed by atoms with van der Waals surface area (Å²) in [5.74, 6) is -0.938.